The van der Waals surface area contributed by atoms with E-state index in [0.717, 1.165) is 27.8 Å². The van der Waals surface area contributed by atoms with Gasteiger partial charge in [-0.15, -0.1) is 11.3 Å². The highest BCUT2D eigenvalue weighted by molar-refractivity contribution is 9.11. The zero-order valence-corrected chi connectivity index (χ0v) is 12.3. The Kier molecular flexibility index (Phi) is 3.48. The summed E-state index contributed by atoms with van der Waals surface area (Å²) in [4.78, 5) is 17.1. The fourth-order valence-corrected chi connectivity index (χ4v) is 2.83. The van der Waals surface area contributed by atoms with Crippen LogP contribution < -0.4 is 0 Å². The van der Waals surface area contributed by atoms with Crippen LogP contribution in [-0.4, -0.2) is 11.9 Å². The molecule has 0 radical (unpaired) electrons. The molecule has 5 heteroatoms. The molecule has 0 unspecified atom stereocenters. The minimum atomic E-state index is -0.377. The highest BCUT2D eigenvalue weighted by Gasteiger charge is 2.26. The van der Waals surface area contributed by atoms with Crippen molar-refractivity contribution in [2.75, 3.05) is 0 Å². The molecule has 0 saturated carbocycles. The second-order valence-corrected chi connectivity index (χ2v) is 6.15. The van der Waals surface area contributed by atoms with Crippen molar-refractivity contribution in [3.8, 4) is 0 Å². The Balaban J connectivity index is 1.88. The van der Waals surface area contributed by atoms with E-state index in [2.05, 4.69) is 20.9 Å². The van der Waals surface area contributed by atoms with Crippen molar-refractivity contribution in [2.24, 2.45) is 4.99 Å². The number of cyclic esters (lactones) is 1. The molecule has 0 fully saturated rings. The molecule has 3 rings (SSSR count). The largest absolute Gasteiger partial charge is 0.402 e. The highest BCUT2D eigenvalue weighted by Crippen LogP contribution is 2.27. The van der Waals surface area contributed by atoms with E-state index in [9.17, 15) is 4.79 Å². The van der Waals surface area contributed by atoms with Crippen LogP contribution >= 0.6 is 27.3 Å². The SMILES string of the molecule is O=C1OC(C2=CC=C(Br)CC2)=N/C1=C/c1cccs1. The summed E-state index contributed by atoms with van der Waals surface area (Å²) in [6, 6.07) is 3.88. The molecule has 0 bridgehead atoms. The Labute approximate surface area is 123 Å². The van der Waals surface area contributed by atoms with Crippen molar-refractivity contribution in [2.45, 2.75) is 12.8 Å². The lowest BCUT2D eigenvalue weighted by Crippen LogP contribution is -2.08. The van der Waals surface area contributed by atoms with E-state index in [4.69, 9.17) is 4.74 Å². The Morgan fingerprint density at radius 2 is 2.26 bits per heavy atom. The van der Waals surface area contributed by atoms with Gasteiger partial charge in [0, 0.05) is 10.5 Å². The summed E-state index contributed by atoms with van der Waals surface area (Å²) in [6.45, 7) is 0. The van der Waals surface area contributed by atoms with Gasteiger partial charge in [0.25, 0.3) is 0 Å². The number of nitrogens with zero attached hydrogens (tertiary/aromatic N) is 1. The Morgan fingerprint density at radius 3 is 2.95 bits per heavy atom. The molecule has 1 aromatic rings. The maximum absolute atomic E-state index is 11.8. The molecule has 0 saturated heterocycles. The molecule has 2 aliphatic rings. The number of aliphatic imine (C=N–C) groups is 1. The predicted molar refractivity (Wildman–Crippen MR) is 80.2 cm³/mol. The van der Waals surface area contributed by atoms with Gasteiger partial charge in [0.2, 0.25) is 5.90 Å². The summed E-state index contributed by atoms with van der Waals surface area (Å²) in [7, 11) is 0. The van der Waals surface area contributed by atoms with Crippen molar-refractivity contribution in [1.29, 1.82) is 0 Å². The molecule has 1 aliphatic carbocycles. The molecule has 2 heterocycles. The highest BCUT2D eigenvalue weighted by atomic mass is 79.9. The van der Waals surface area contributed by atoms with E-state index in [-0.39, 0.29) is 5.97 Å². The summed E-state index contributed by atoms with van der Waals surface area (Å²) in [6.07, 6.45) is 7.40. The Hall–Kier alpha value is -1.46. The summed E-state index contributed by atoms with van der Waals surface area (Å²) in [5, 5.41) is 1.96. The maximum Gasteiger partial charge on any atom is 0.363 e. The first-order valence-corrected chi connectivity index (χ1v) is 7.51. The average Bonchev–Trinajstić information content (AvgIpc) is 3.02. The molecule has 3 nitrogen and oxygen atoms in total. The zero-order valence-electron chi connectivity index (χ0n) is 9.93. The minimum absolute atomic E-state index is 0.368. The van der Waals surface area contributed by atoms with E-state index < -0.39 is 0 Å². The first-order valence-electron chi connectivity index (χ1n) is 5.84. The summed E-state index contributed by atoms with van der Waals surface area (Å²) < 4.78 is 6.38. The third-order valence-electron chi connectivity index (χ3n) is 2.82. The number of carbonyl (C=O) groups excluding carboxylic acids is 1. The average molecular weight is 336 g/mol. The van der Waals surface area contributed by atoms with Crippen LogP contribution in [0.4, 0.5) is 0 Å². The molecular formula is C14H10BrNO2S. The standard InChI is InChI=1S/C14H10BrNO2S/c15-10-5-3-9(4-6-10)13-16-12(14(17)18-13)8-11-2-1-7-19-11/h1-3,5,7-8H,4,6H2/b12-8+. The fourth-order valence-electron chi connectivity index (χ4n) is 1.84. The van der Waals surface area contributed by atoms with Gasteiger partial charge in [-0.2, -0.15) is 0 Å². The van der Waals surface area contributed by atoms with E-state index in [1.54, 1.807) is 17.4 Å². The molecule has 0 N–H and O–H groups in total. The van der Waals surface area contributed by atoms with Gasteiger partial charge in [0.15, 0.2) is 5.70 Å². The van der Waals surface area contributed by atoms with E-state index in [0.29, 0.717) is 11.6 Å². The number of halogens is 1. The first-order chi connectivity index (χ1) is 9.22. The topological polar surface area (TPSA) is 38.7 Å². The number of allylic oxidation sites excluding steroid dienone is 3. The number of carbonyl (C=O) groups is 1. The fraction of sp³-hybridized carbons (Fsp3) is 0.143. The lowest BCUT2D eigenvalue weighted by molar-refractivity contribution is -0.129. The minimum Gasteiger partial charge on any atom is -0.402 e. The van der Waals surface area contributed by atoms with Gasteiger partial charge < -0.3 is 4.74 Å². The number of hydrogen-bond acceptors (Lipinski definition) is 4. The zero-order chi connectivity index (χ0) is 13.2. The lowest BCUT2D eigenvalue weighted by atomic mass is 10.1. The van der Waals surface area contributed by atoms with Gasteiger partial charge in [-0.1, -0.05) is 34.1 Å². The van der Waals surface area contributed by atoms with Gasteiger partial charge >= 0.3 is 5.97 Å². The van der Waals surface area contributed by atoms with Crippen molar-refractivity contribution in [3.05, 3.63) is 50.3 Å². The third kappa shape index (κ3) is 2.77. The smallest absolute Gasteiger partial charge is 0.363 e. The van der Waals surface area contributed by atoms with Crippen molar-refractivity contribution < 1.29 is 9.53 Å². The second-order valence-electron chi connectivity index (χ2n) is 4.16. The van der Waals surface area contributed by atoms with Gasteiger partial charge in [0.05, 0.1) is 0 Å². The molecular weight excluding hydrogens is 326 g/mol. The second kappa shape index (κ2) is 5.27. The van der Waals surface area contributed by atoms with Crippen LogP contribution in [0.3, 0.4) is 0 Å². The summed E-state index contributed by atoms with van der Waals surface area (Å²) >= 11 is 5.01. The van der Waals surface area contributed by atoms with Crippen LogP contribution in [0.15, 0.2) is 50.4 Å². The Bertz CT molecular complexity index is 638. The van der Waals surface area contributed by atoms with Gasteiger partial charge in [-0.3, -0.25) is 0 Å². The van der Waals surface area contributed by atoms with Crippen LogP contribution in [-0.2, 0) is 9.53 Å². The molecule has 19 heavy (non-hydrogen) atoms. The predicted octanol–water partition coefficient (Wildman–Crippen LogP) is 4.04. The maximum atomic E-state index is 11.8. The number of ether oxygens (including phenoxy) is 1. The van der Waals surface area contributed by atoms with E-state index in [1.807, 2.05) is 29.7 Å². The quantitative estimate of drug-likeness (QED) is 0.604. The normalized spacial score (nSPS) is 21.0. The summed E-state index contributed by atoms with van der Waals surface area (Å²) in [5.41, 5.74) is 1.33. The number of hydrogen-bond donors (Lipinski definition) is 0. The van der Waals surface area contributed by atoms with E-state index in [1.165, 1.54) is 0 Å². The third-order valence-corrected chi connectivity index (χ3v) is 4.30. The van der Waals surface area contributed by atoms with Crippen molar-refractivity contribution >= 4 is 45.2 Å². The number of esters is 1. The van der Waals surface area contributed by atoms with Crippen LogP contribution in [0, 0.1) is 0 Å². The van der Waals surface area contributed by atoms with Crippen LogP contribution in [0.1, 0.15) is 17.7 Å². The molecule has 0 spiro atoms. The number of thiophene rings is 1. The molecule has 1 aliphatic heterocycles. The van der Waals surface area contributed by atoms with Crippen molar-refractivity contribution in [1.82, 2.24) is 0 Å². The molecule has 0 atom stereocenters. The van der Waals surface area contributed by atoms with E-state index >= 15 is 0 Å². The number of rotatable bonds is 2. The van der Waals surface area contributed by atoms with Crippen LogP contribution in [0.25, 0.3) is 6.08 Å². The van der Waals surface area contributed by atoms with Crippen LogP contribution in [0.2, 0.25) is 0 Å². The molecule has 96 valence electrons. The molecule has 0 amide bonds. The molecule has 1 aromatic heterocycles. The Morgan fingerprint density at radius 1 is 1.37 bits per heavy atom. The van der Waals surface area contributed by atoms with Crippen LogP contribution in [0.5, 0.6) is 0 Å². The first kappa shape index (κ1) is 12.6. The summed E-state index contributed by atoms with van der Waals surface area (Å²) in [5.74, 6) is 0.0574. The van der Waals surface area contributed by atoms with Gasteiger partial charge in [-0.05, 0) is 34.8 Å². The lowest BCUT2D eigenvalue weighted by Gasteiger charge is -2.09. The van der Waals surface area contributed by atoms with Gasteiger partial charge in [0.1, 0.15) is 0 Å². The van der Waals surface area contributed by atoms with Gasteiger partial charge in [-0.25, -0.2) is 9.79 Å². The van der Waals surface area contributed by atoms with Crippen molar-refractivity contribution in [3.63, 3.8) is 0 Å². The monoisotopic (exact) mass is 335 g/mol. The molecule has 0 aromatic carbocycles.